The normalized spacial score (nSPS) is 17.5. The average molecular weight is 354 g/mol. The Kier molecular flexibility index (Phi) is 4.34. The summed E-state index contributed by atoms with van der Waals surface area (Å²) in [4.78, 5) is 17.8. The fraction of sp³-hybridized carbons (Fsp3) is 0.250. The van der Waals surface area contributed by atoms with Crippen molar-refractivity contribution >= 4 is 16.8 Å². The zero-order valence-corrected chi connectivity index (χ0v) is 14.4. The Labute approximate surface area is 150 Å². The van der Waals surface area contributed by atoms with Crippen LogP contribution in [0, 0.1) is 5.82 Å². The van der Waals surface area contributed by atoms with Gasteiger partial charge in [-0.1, -0.05) is 12.1 Å². The number of nitrogens with zero attached hydrogens (tertiary/aromatic N) is 1. The minimum Gasteiger partial charge on any atom is -0.497 e. The van der Waals surface area contributed by atoms with Gasteiger partial charge in [0.05, 0.1) is 20.3 Å². The topological polar surface area (TPSA) is 54.6 Å². The molecule has 5 nitrogen and oxygen atoms in total. The van der Waals surface area contributed by atoms with Crippen molar-refractivity contribution in [2.45, 2.75) is 6.10 Å². The molecule has 2 heterocycles. The molecule has 0 aliphatic carbocycles. The molecule has 0 bridgehead atoms. The van der Waals surface area contributed by atoms with Gasteiger partial charge < -0.3 is 19.4 Å². The quantitative estimate of drug-likeness (QED) is 0.783. The summed E-state index contributed by atoms with van der Waals surface area (Å²) >= 11 is 0. The number of rotatable bonds is 3. The predicted octanol–water partition coefficient (Wildman–Crippen LogP) is 3.53. The van der Waals surface area contributed by atoms with Gasteiger partial charge >= 0.3 is 0 Å². The molecule has 134 valence electrons. The number of aromatic nitrogens is 1. The van der Waals surface area contributed by atoms with Crippen molar-refractivity contribution in [2.75, 3.05) is 26.8 Å². The molecule has 1 aliphatic heterocycles. The molecule has 26 heavy (non-hydrogen) atoms. The number of amides is 1. The molecule has 4 rings (SSSR count). The number of methoxy groups -OCH3 is 1. The first kappa shape index (κ1) is 16.6. The summed E-state index contributed by atoms with van der Waals surface area (Å²) in [6.45, 7) is 1.40. The predicted molar refractivity (Wildman–Crippen MR) is 95.8 cm³/mol. The van der Waals surface area contributed by atoms with E-state index in [9.17, 15) is 9.18 Å². The maximum absolute atomic E-state index is 13.1. The van der Waals surface area contributed by atoms with Crippen LogP contribution >= 0.6 is 0 Å². The van der Waals surface area contributed by atoms with E-state index < -0.39 is 0 Å². The Balaban J connectivity index is 1.54. The minimum atomic E-state index is -0.286. The number of halogens is 1. The minimum absolute atomic E-state index is 0.0735. The Morgan fingerprint density at radius 2 is 2.04 bits per heavy atom. The van der Waals surface area contributed by atoms with Crippen LogP contribution in [0.25, 0.3) is 10.9 Å². The fourth-order valence-electron chi connectivity index (χ4n) is 3.23. The first-order valence-electron chi connectivity index (χ1n) is 8.47. The molecule has 6 heteroatoms. The summed E-state index contributed by atoms with van der Waals surface area (Å²) in [6, 6.07) is 13.7. The van der Waals surface area contributed by atoms with Crippen LogP contribution in [-0.2, 0) is 4.74 Å². The van der Waals surface area contributed by atoms with Crippen LogP contribution in [0.15, 0.2) is 48.5 Å². The first-order valence-corrected chi connectivity index (χ1v) is 8.47. The Morgan fingerprint density at radius 1 is 1.23 bits per heavy atom. The molecule has 3 aromatic rings. The van der Waals surface area contributed by atoms with Crippen molar-refractivity contribution in [1.29, 1.82) is 0 Å². The van der Waals surface area contributed by atoms with E-state index in [1.165, 1.54) is 12.1 Å². The monoisotopic (exact) mass is 354 g/mol. The lowest BCUT2D eigenvalue weighted by Gasteiger charge is -2.33. The second-order valence-electron chi connectivity index (χ2n) is 6.30. The molecule has 1 aromatic heterocycles. The van der Waals surface area contributed by atoms with Crippen LogP contribution < -0.4 is 4.74 Å². The zero-order chi connectivity index (χ0) is 18.1. The number of carbonyl (C=O) groups is 1. The van der Waals surface area contributed by atoms with Gasteiger partial charge in [0, 0.05) is 23.5 Å². The summed E-state index contributed by atoms with van der Waals surface area (Å²) in [5, 5.41) is 0.956. The summed E-state index contributed by atoms with van der Waals surface area (Å²) < 4.78 is 24.1. The molecule has 1 unspecified atom stereocenters. The number of aromatic amines is 1. The Morgan fingerprint density at radius 3 is 2.81 bits per heavy atom. The smallest absolute Gasteiger partial charge is 0.270 e. The summed E-state index contributed by atoms with van der Waals surface area (Å²) in [7, 11) is 1.61. The number of fused-ring (bicyclic) bond motifs is 1. The van der Waals surface area contributed by atoms with E-state index in [2.05, 4.69) is 4.98 Å². The SMILES string of the molecule is COc1ccc2cc(C(=O)N3CCOC(c4ccc(F)cc4)C3)[nH]c2c1. The van der Waals surface area contributed by atoms with Crippen LogP contribution in [0.2, 0.25) is 0 Å². The highest BCUT2D eigenvalue weighted by Crippen LogP contribution is 2.25. The molecular formula is C20H19FN2O3. The number of nitrogens with one attached hydrogen (secondary N) is 1. The highest BCUT2D eigenvalue weighted by Gasteiger charge is 2.27. The summed E-state index contributed by atoms with van der Waals surface area (Å²) in [5.41, 5.74) is 2.26. The molecule has 1 saturated heterocycles. The van der Waals surface area contributed by atoms with Crippen molar-refractivity contribution in [3.05, 3.63) is 65.6 Å². The number of hydrogen-bond acceptors (Lipinski definition) is 3. The van der Waals surface area contributed by atoms with Crippen molar-refractivity contribution in [3.8, 4) is 5.75 Å². The van der Waals surface area contributed by atoms with E-state index in [0.717, 1.165) is 22.2 Å². The second kappa shape index (κ2) is 6.80. The number of hydrogen-bond donors (Lipinski definition) is 1. The van der Waals surface area contributed by atoms with Crippen LogP contribution in [0.4, 0.5) is 4.39 Å². The second-order valence-corrected chi connectivity index (χ2v) is 6.30. The van der Waals surface area contributed by atoms with E-state index in [-0.39, 0.29) is 17.8 Å². The Bertz CT molecular complexity index is 936. The molecule has 0 spiro atoms. The highest BCUT2D eigenvalue weighted by molar-refractivity contribution is 5.98. The molecule has 1 amide bonds. The lowest BCUT2D eigenvalue weighted by atomic mass is 10.1. The molecule has 0 radical (unpaired) electrons. The third-order valence-electron chi connectivity index (χ3n) is 4.66. The van der Waals surface area contributed by atoms with Crippen molar-refractivity contribution < 1.29 is 18.7 Å². The van der Waals surface area contributed by atoms with E-state index in [1.54, 1.807) is 24.1 Å². The van der Waals surface area contributed by atoms with Crippen LogP contribution in [0.1, 0.15) is 22.2 Å². The van der Waals surface area contributed by atoms with Gasteiger partial charge in [-0.15, -0.1) is 0 Å². The van der Waals surface area contributed by atoms with Gasteiger partial charge in [-0.05, 0) is 35.9 Å². The number of benzene rings is 2. The third kappa shape index (κ3) is 3.15. The standard InChI is InChI=1S/C20H19FN2O3/c1-25-16-7-4-14-10-18(22-17(14)11-16)20(24)23-8-9-26-19(12-23)13-2-5-15(21)6-3-13/h2-7,10-11,19,22H,8-9,12H2,1H3. The van der Waals surface area contributed by atoms with Gasteiger partial charge in [0.25, 0.3) is 5.91 Å². The van der Waals surface area contributed by atoms with Gasteiger partial charge in [0.15, 0.2) is 0 Å². The summed E-state index contributed by atoms with van der Waals surface area (Å²) in [5.74, 6) is 0.377. The first-order chi connectivity index (χ1) is 12.6. The fourth-order valence-corrected chi connectivity index (χ4v) is 3.23. The van der Waals surface area contributed by atoms with Gasteiger partial charge in [0.1, 0.15) is 23.4 Å². The molecule has 0 saturated carbocycles. The van der Waals surface area contributed by atoms with Crippen molar-refractivity contribution in [2.24, 2.45) is 0 Å². The molecule has 1 atom stereocenters. The number of H-pyrrole nitrogens is 1. The van der Waals surface area contributed by atoms with Crippen LogP contribution in [-0.4, -0.2) is 42.6 Å². The molecular weight excluding hydrogens is 335 g/mol. The van der Waals surface area contributed by atoms with Crippen molar-refractivity contribution in [3.63, 3.8) is 0 Å². The number of ether oxygens (including phenoxy) is 2. The highest BCUT2D eigenvalue weighted by atomic mass is 19.1. The van der Waals surface area contributed by atoms with E-state index >= 15 is 0 Å². The summed E-state index contributed by atoms with van der Waals surface area (Å²) in [6.07, 6.45) is -0.252. The van der Waals surface area contributed by atoms with Crippen LogP contribution in [0.5, 0.6) is 5.75 Å². The van der Waals surface area contributed by atoms with Crippen LogP contribution in [0.3, 0.4) is 0 Å². The van der Waals surface area contributed by atoms with Gasteiger partial charge in [-0.3, -0.25) is 4.79 Å². The van der Waals surface area contributed by atoms with E-state index in [1.807, 2.05) is 24.3 Å². The van der Waals surface area contributed by atoms with E-state index in [4.69, 9.17) is 9.47 Å². The number of morpholine rings is 1. The van der Waals surface area contributed by atoms with Gasteiger partial charge in [-0.25, -0.2) is 4.39 Å². The average Bonchev–Trinajstić information content (AvgIpc) is 3.11. The Hall–Kier alpha value is -2.86. The number of carbonyl (C=O) groups excluding carboxylic acids is 1. The molecule has 2 aromatic carbocycles. The maximum atomic E-state index is 13.1. The van der Waals surface area contributed by atoms with Crippen molar-refractivity contribution in [1.82, 2.24) is 9.88 Å². The zero-order valence-electron chi connectivity index (χ0n) is 14.4. The van der Waals surface area contributed by atoms with Gasteiger partial charge in [-0.2, -0.15) is 0 Å². The lowest BCUT2D eigenvalue weighted by molar-refractivity contribution is -0.0230. The molecule has 1 aliphatic rings. The maximum Gasteiger partial charge on any atom is 0.270 e. The molecule has 1 fully saturated rings. The lowest BCUT2D eigenvalue weighted by Crippen LogP contribution is -2.42. The molecule has 1 N–H and O–H groups in total. The largest absolute Gasteiger partial charge is 0.497 e. The van der Waals surface area contributed by atoms with Gasteiger partial charge in [0.2, 0.25) is 0 Å². The van der Waals surface area contributed by atoms with E-state index in [0.29, 0.717) is 25.4 Å². The third-order valence-corrected chi connectivity index (χ3v) is 4.66.